The first-order valence-electron chi connectivity index (χ1n) is 6.55. The van der Waals surface area contributed by atoms with Crippen LogP contribution >= 0.6 is 11.3 Å². The molecule has 2 heterocycles. The van der Waals surface area contributed by atoms with E-state index in [1.807, 2.05) is 7.05 Å². The maximum Gasteiger partial charge on any atom is 0.228 e. The van der Waals surface area contributed by atoms with E-state index in [1.165, 1.54) is 10.4 Å². The molecule has 1 fully saturated rings. The van der Waals surface area contributed by atoms with Crippen LogP contribution in [0.2, 0.25) is 0 Å². The van der Waals surface area contributed by atoms with E-state index >= 15 is 0 Å². The molecule has 0 saturated carbocycles. The van der Waals surface area contributed by atoms with Crippen molar-refractivity contribution in [3.8, 4) is 0 Å². The van der Waals surface area contributed by atoms with Gasteiger partial charge in [-0.05, 0) is 50.7 Å². The van der Waals surface area contributed by atoms with Crippen LogP contribution in [0.5, 0.6) is 0 Å². The highest BCUT2D eigenvalue weighted by Crippen LogP contribution is 2.29. The SMILES string of the molecule is CNCC1(C)CCCN1C(=O)Cc1sccc1C. The van der Waals surface area contributed by atoms with Gasteiger partial charge in [-0.2, -0.15) is 0 Å². The van der Waals surface area contributed by atoms with Gasteiger partial charge in [0.2, 0.25) is 5.91 Å². The Labute approximate surface area is 113 Å². The number of carbonyl (C=O) groups excluding carboxylic acids is 1. The van der Waals surface area contributed by atoms with E-state index in [2.05, 4.69) is 35.5 Å². The minimum Gasteiger partial charge on any atom is -0.336 e. The van der Waals surface area contributed by atoms with Crippen LogP contribution in [-0.4, -0.2) is 36.5 Å². The Kier molecular flexibility index (Phi) is 4.07. The fourth-order valence-electron chi connectivity index (χ4n) is 2.83. The molecular weight excluding hydrogens is 244 g/mol. The summed E-state index contributed by atoms with van der Waals surface area (Å²) < 4.78 is 0. The first kappa shape index (κ1) is 13.6. The lowest BCUT2D eigenvalue weighted by Crippen LogP contribution is -2.51. The molecule has 1 unspecified atom stereocenters. The van der Waals surface area contributed by atoms with Crippen molar-refractivity contribution >= 4 is 17.2 Å². The topological polar surface area (TPSA) is 32.3 Å². The average Bonchev–Trinajstić information content (AvgIpc) is 2.87. The van der Waals surface area contributed by atoms with Crippen molar-refractivity contribution in [2.75, 3.05) is 20.1 Å². The molecule has 100 valence electrons. The Morgan fingerprint density at radius 2 is 2.39 bits per heavy atom. The smallest absolute Gasteiger partial charge is 0.228 e. The average molecular weight is 266 g/mol. The predicted molar refractivity (Wildman–Crippen MR) is 76.0 cm³/mol. The second-order valence-electron chi connectivity index (χ2n) is 5.38. The molecule has 0 radical (unpaired) electrons. The number of rotatable bonds is 4. The lowest BCUT2D eigenvalue weighted by molar-refractivity contribution is -0.133. The third-order valence-corrected chi connectivity index (χ3v) is 4.91. The number of aryl methyl sites for hydroxylation is 1. The number of carbonyl (C=O) groups is 1. The lowest BCUT2D eigenvalue weighted by Gasteiger charge is -2.35. The van der Waals surface area contributed by atoms with Gasteiger partial charge in [0.1, 0.15) is 0 Å². The molecule has 1 aromatic rings. The van der Waals surface area contributed by atoms with Gasteiger partial charge in [0.05, 0.1) is 12.0 Å². The molecule has 0 bridgehead atoms. The summed E-state index contributed by atoms with van der Waals surface area (Å²) in [5, 5.41) is 5.28. The van der Waals surface area contributed by atoms with E-state index in [1.54, 1.807) is 11.3 Å². The summed E-state index contributed by atoms with van der Waals surface area (Å²) in [7, 11) is 1.95. The summed E-state index contributed by atoms with van der Waals surface area (Å²) in [6, 6.07) is 2.09. The van der Waals surface area contributed by atoms with E-state index in [4.69, 9.17) is 0 Å². The molecule has 1 amide bonds. The minimum atomic E-state index is -0.00298. The van der Waals surface area contributed by atoms with Crippen molar-refractivity contribution in [3.63, 3.8) is 0 Å². The Hall–Kier alpha value is -0.870. The van der Waals surface area contributed by atoms with Crippen LogP contribution in [0.3, 0.4) is 0 Å². The minimum absolute atomic E-state index is 0.00298. The quantitative estimate of drug-likeness (QED) is 0.906. The summed E-state index contributed by atoms with van der Waals surface area (Å²) in [6.45, 7) is 6.05. The zero-order valence-electron chi connectivity index (χ0n) is 11.5. The molecule has 3 nitrogen and oxygen atoms in total. The van der Waals surface area contributed by atoms with Crippen molar-refractivity contribution in [1.82, 2.24) is 10.2 Å². The molecule has 1 aliphatic heterocycles. The third kappa shape index (κ3) is 2.59. The summed E-state index contributed by atoms with van der Waals surface area (Å²) >= 11 is 1.69. The van der Waals surface area contributed by atoms with E-state index in [0.717, 1.165) is 25.9 Å². The molecule has 0 aromatic carbocycles. The number of hydrogen-bond acceptors (Lipinski definition) is 3. The predicted octanol–water partition coefficient (Wildman–Crippen LogP) is 2.20. The van der Waals surface area contributed by atoms with Crippen LogP contribution in [0.1, 0.15) is 30.2 Å². The third-order valence-electron chi connectivity index (χ3n) is 3.89. The highest BCUT2D eigenvalue weighted by Gasteiger charge is 2.38. The number of hydrogen-bond donors (Lipinski definition) is 1. The van der Waals surface area contributed by atoms with Gasteiger partial charge in [0.15, 0.2) is 0 Å². The Balaban J connectivity index is 2.07. The van der Waals surface area contributed by atoms with Gasteiger partial charge < -0.3 is 10.2 Å². The second kappa shape index (κ2) is 5.41. The number of likely N-dealkylation sites (tertiary alicyclic amines) is 1. The van der Waals surface area contributed by atoms with Crippen molar-refractivity contribution in [2.24, 2.45) is 0 Å². The van der Waals surface area contributed by atoms with Crippen LogP contribution < -0.4 is 5.32 Å². The van der Waals surface area contributed by atoms with Gasteiger partial charge >= 0.3 is 0 Å². The van der Waals surface area contributed by atoms with Crippen LogP contribution in [0.25, 0.3) is 0 Å². The molecule has 1 atom stereocenters. The molecule has 0 aliphatic carbocycles. The molecular formula is C14H22N2OS. The molecule has 18 heavy (non-hydrogen) atoms. The first-order valence-corrected chi connectivity index (χ1v) is 7.43. The van der Waals surface area contributed by atoms with Crippen LogP contribution in [0.4, 0.5) is 0 Å². The molecule has 2 rings (SSSR count). The largest absolute Gasteiger partial charge is 0.336 e. The molecule has 1 saturated heterocycles. The van der Waals surface area contributed by atoms with Crippen LogP contribution in [-0.2, 0) is 11.2 Å². The van der Waals surface area contributed by atoms with Crippen LogP contribution in [0.15, 0.2) is 11.4 Å². The van der Waals surface area contributed by atoms with Crippen molar-refractivity contribution in [1.29, 1.82) is 0 Å². The van der Waals surface area contributed by atoms with Gasteiger partial charge in [-0.25, -0.2) is 0 Å². The van der Waals surface area contributed by atoms with Gasteiger partial charge in [-0.15, -0.1) is 11.3 Å². The number of amides is 1. The fourth-order valence-corrected chi connectivity index (χ4v) is 3.73. The van der Waals surface area contributed by atoms with E-state index in [0.29, 0.717) is 6.42 Å². The Morgan fingerprint density at radius 1 is 1.61 bits per heavy atom. The normalized spacial score (nSPS) is 23.6. The van der Waals surface area contributed by atoms with Gasteiger partial charge in [-0.1, -0.05) is 0 Å². The fraction of sp³-hybridized carbons (Fsp3) is 0.643. The van der Waals surface area contributed by atoms with E-state index in [-0.39, 0.29) is 11.4 Å². The van der Waals surface area contributed by atoms with Crippen LogP contribution in [0, 0.1) is 6.92 Å². The number of nitrogens with zero attached hydrogens (tertiary/aromatic N) is 1. The zero-order valence-corrected chi connectivity index (χ0v) is 12.3. The van der Waals surface area contributed by atoms with Crippen molar-refractivity contribution in [3.05, 3.63) is 21.9 Å². The number of likely N-dealkylation sites (N-methyl/N-ethyl adjacent to an activating group) is 1. The lowest BCUT2D eigenvalue weighted by atomic mass is 9.98. The van der Waals surface area contributed by atoms with Gasteiger partial charge in [-0.3, -0.25) is 4.79 Å². The molecule has 1 aliphatic rings. The van der Waals surface area contributed by atoms with E-state index < -0.39 is 0 Å². The molecule has 1 N–H and O–H groups in total. The number of nitrogens with one attached hydrogen (secondary N) is 1. The Bertz CT molecular complexity index is 429. The summed E-state index contributed by atoms with van der Waals surface area (Å²) in [4.78, 5) is 15.7. The maximum atomic E-state index is 12.5. The summed E-state index contributed by atoms with van der Waals surface area (Å²) in [5.41, 5.74) is 1.24. The maximum absolute atomic E-state index is 12.5. The monoisotopic (exact) mass is 266 g/mol. The summed E-state index contributed by atoms with van der Waals surface area (Å²) in [6.07, 6.45) is 2.78. The van der Waals surface area contributed by atoms with Crippen molar-refractivity contribution in [2.45, 2.75) is 38.6 Å². The number of thiophene rings is 1. The standard InChI is InChI=1S/C14H22N2OS/c1-11-5-8-18-12(11)9-13(17)16-7-4-6-14(16,2)10-15-3/h5,8,15H,4,6-7,9-10H2,1-3H3. The highest BCUT2D eigenvalue weighted by atomic mass is 32.1. The summed E-state index contributed by atoms with van der Waals surface area (Å²) in [5.74, 6) is 0.274. The highest BCUT2D eigenvalue weighted by molar-refractivity contribution is 7.10. The van der Waals surface area contributed by atoms with Crippen molar-refractivity contribution < 1.29 is 4.79 Å². The molecule has 4 heteroatoms. The Morgan fingerprint density at radius 3 is 3.00 bits per heavy atom. The zero-order chi connectivity index (χ0) is 13.2. The molecule has 0 spiro atoms. The molecule has 1 aromatic heterocycles. The van der Waals surface area contributed by atoms with Gasteiger partial charge in [0, 0.05) is 18.0 Å². The second-order valence-corrected chi connectivity index (χ2v) is 6.38. The first-order chi connectivity index (χ1) is 8.57. The van der Waals surface area contributed by atoms with E-state index in [9.17, 15) is 4.79 Å². The van der Waals surface area contributed by atoms with Gasteiger partial charge in [0.25, 0.3) is 0 Å².